The Hall–Kier alpha value is -0.480. The van der Waals surface area contributed by atoms with Gasteiger partial charge in [-0.15, -0.1) is 0 Å². The molecule has 0 spiro atoms. The number of aromatic hydroxyl groups is 1. The van der Waals surface area contributed by atoms with Crippen LogP contribution in [0.4, 0.5) is 0 Å². The summed E-state index contributed by atoms with van der Waals surface area (Å²) < 4.78 is 0. The van der Waals surface area contributed by atoms with Crippen LogP contribution in [0.25, 0.3) is 0 Å². The van der Waals surface area contributed by atoms with Crippen molar-refractivity contribution in [2.45, 2.75) is 25.3 Å². The lowest BCUT2D eigenvalue weighted by atomic mass is 9.97. The molecule has 1 aromatic carbocycles. The number of hydrogen-bond acceptors (Lipinski definition) is 3. The van der Waals surface area contributed by atoms with E-state index < -0.39 is 0 Å². The highest BCUT2D eigenvalue weighted by Crippen LogP contribution is 2.45. The number of nitrogens with zero attached hydrogens (tertiary/aromatic N) is 1. The van der Waals surface area contributed by atoms with Crippen LogP contribution in [0.3, 0.4) is 0 Å². The third-order valence-electron chi connectivity index (χ3n) is 4.31. The number of nitrogens with one attached hydrogen (secondary N) is 1. The van der Waals surface area contributed by atoms with E-state index in [0.29, 0.717) is 5.02 Å². The van der Waals surface area contributed by atoms with Crippen molar-refractivity contribution in [3.63, 3.8) is 0 Å². The third-order valence-corrected chi connectivity index (χ3v) is 5.10. The lowest BCUT2D eigenvalue weighted by Gasteiger charge is -2.35. The highest BCUT2D eigenvalue weighted by atomic mass is 35.5. The summed E-state index contributed by atoms with van der Waals surface area (Å²) in [5.41, 5.74) is 0.924. The minimum absolute atomic E-state index is 0.156. The summed E-state index contributed by atoms with van der Waals surface area (Å²) in [6.45, 7) is 4.03. The lowest BCUT2D eigenvalue weighted by molar-refractivity contribution is 0.158. The second kappa shape index (κ2) is 6.10. The average Bonchev–Trinajstić information content (AvgIpc) is 3.28. The summed E-state index contributed by atoms with van der Waals surface area (Å²) in [4.78, 5) is 2.45. The molecule has 1 heterocycles. The van der Waals surface area contributed by atoms with Crippen LogP contribution in [0.2, 0.25) is 10.0 Å². The van der Waals surface area contributed by atoms with E-state index in [1.807, 2.05) is 6.07 Å². The Balaban J connectivity index is 1.89. The first-order chi connectivity index (χ1) is 9.66. The van der Waals surface area contributed by atoms with Crippen molar-refractivity contribution in [1.29, 1.82) is 0 Å². The minimum atomic E-state index is 0.156. The molecule has 2 N–H and O–H groups in total. The molecule has 1 saturated carbocycles. The summed E-state index contributed by atoms with van der Waals surface area (Å²) in [5, 5.41) is 14.4. The SMILES string of the molecule is Oc1c([C@H](CC2CC2)N2CCNCC2)ccc(Cl)c1Cl. The molecular weight excluding hydrogens is 295 g/mol. The van der Waals surface area contributed by atoms with Crippen molar-refractivity contribution >= 4 is 23.2 Å². The molecule has 0 radical (unpaired) electrons. The Labute approximate surface area is 129 Å². The van der Waals surface area contributed by atoms with Gasteiger partial charge in [0.2, 0.25) is 0 Å². The van der Waals surface area contributed by atoms with Gasteiger partial charge in [-0.1, -0.05) is 42.1 Å². The van der Waals surface area contributed by atoms with Crippen LogP contribution in [-0.2, 0) is 0 Å². The summed E-state index contributed by atoms with van der Waals surface area (Å²) >= 11 is 12.1. The Bertz CT molecular complexity index is 485. The van der Waals surface area contributed by atoms with Crippen LogP contribution in [0.5, 0.6) is 5.75 Å². The first-order valence-corrected chi connectivity index (χ1v) is 8.04. The average molecular weight is 315 g/mol. The summed E-state index contributed by atoms with van der Waals surface area (Å²) in [5.74, 6) is 0.951. The van der Waals surface area contributed by atoms with Crippen LogP contribution in [0.15, 0.2) is 12.1 Å². The zero-order valence-electron chi connectivity index (χ0n) is 11.4. The molecule has 3 nitrogen and oxygen atoms in total. The first kappa shape index (κ1) is 14.5. The van der Waals surface area contributed by atoms with E-state index in [-0.39, 0.29) is 16.8 Å². The molecule has 1 aliphatic carbocycles. The molecule has 5 heteroatoms. The molecule has 0 amide bonds. The fraction of sp³-hybridized carbons (Fsp3) is 0.600. The standard InChI is InChI=1S/C15H20Cl2N2O/c16-12-4-3-11(15(20)14(12)17)13(9-10-1-2-10)19-7-5-18-6-8-19/h3-4,10,13,18,20H,1-2,5-9H2/t13-/m0/s1. The van der Waals surface area contributed by atoms with Gasteiger partial charge in [0.05, 0.1) is 5.02 Å². The molecule has 2 fully saturated rings. The minimum Gasteiger partial charge on any atom is -0.506 e. The summed E-state index contributed by atoms with van der Waals surface area (Å²) in [6.07, 6.45) is 3.72. The molecule has 1 aromatic rings. The molecule has 0 unspecified atom stereocenters. The zero-order chi connectivity index (χ0) is 14.1. The Morgan fingerprint density at radius 1 is 1.25 bits per heavy atom. The number of phenolic OH excluding ortho intramolecular Hbond substituents is 1. The van der Waals surface area contributed by atoms with Gasteiger partial charge in [-0.3, -0.25) is 4.90 Å². The zero-order valence-corrected chi connectivity index (χ0v) is 12.9. The molecule has 0 aromatic heterocycles. The van der Waals surface area contributed by atoms with Gasteiger partial charge >= 0.3 is 0 Å². The fourth-order valence-corrected chi connectivity index (χ4v) is 3.28. The molecule has 20 heavy (non-hydrogen) atoms. The van der Waals surface area contributed by atoms with E-state index in [0.717, 1.165) is 44.1 Å². The predicted molar refractivity (Wildman–Crippen MR) is 82.7 cm³/mol. The smallest absolute Gasteiger partial charge is 0.140 e. The topological polar surface area (TPSA) is 35.5 Å². The van der Waals surface area contributed by atoms with E-state index in [4.69, 9.17) is 23.2 Å². The normalized spacial score (nSPS) is 21.9. The maximum atomic E-state index is 10.4. The van der Waals surface area contributed by atoms with Crippen molar-refractivity contribution in [1.82, 2.24) is 10.2 Å². The van der Waals surface area contributed by atoms with Crippen LogP contribution >= 0.6 is 23.2 Å². The first-order valence-electron chi connectivity index (χ1n) is 7.28. The number of benzene rings is 1. The quantitative estimate of drug-likeness (QED) is 0.893. The van der Waals surface area contributed by atoms with Crippen molar-refractivity contribution < 1.29 is 5.11 Å². The monoisotopic (exact) mass is 314 g/mol. The number of rotatable bonds is 4. The van der Waals surface area contributed by atoms with E-state index in [9.17, 15) is 5.11 Å². The highest BCUT2D eigenvalue weighted by molar-refractivity contribution is 6.43. The van der Waals surface area contributed by atoms with Gasteiger partial charge in [0, 0.05) is 37.8 Å². The van der Waals surface area contributed by atoms with E-state index >= 15 is 0 Å². The van der Waals surface area contributed by atoms with Gasteiger partial charge in [-0.05, 0) is 18.4 Å². The molecule has 2 aliphatic rings. The number of piperazine rings is 1. The molecule has 3 rings (SSSR count). The molecule has 110 valence electrons. The van der Waals surface area contributed by atoms with Gasteiger partial charge in [-0.2, -0.15) is 0 Å². The van der Waals surface area contributed by atoms with Crippen molar-refractivity contribution in [3.05, 3.63) is 27.7 Å². The second-order valence-electron chi connectivity index (χ2n) is 5.78. The third kappa shape index (κ3) is 3.06. The maximum Gasteiger partial charge on any atom is 0.140 e. The number of hydrogen-bond donors (Lipinski definition) is 2. The van der Waals surface area contributed by atoms with Crippen molar-refractivity contribution in [2.24, 2.45) is 5.92 Å². The number of halogens is 2. The molecule has 1 saturated heterocycles. The molecular formula is C15H20Cl2N2O. The molecule has 1 atom stereocenters. The van der Waals surface area contributed by atoms with Gasteiger partial charge in [0.15, 0.2) is 0 Å². The fourth-order valence-electron chi connectivity index (χ4n) is 2.96. The largest absolute Gasteiger partial charge is 0.506 e. The summed E-state index contributed by atoms with van der Waals surface area (Å²) in [7, 11) is 0. The van der Waals surface area contributed by atoms with E-state index in [1.54, 1.807) is 6.07 Å². The van der Waals surface area contributed by atoms with Gasteiger partial charge in [0.25, 0.3) is 0 Å². The molecule has 0 bridgehead atoms. The Morgan fingerprint density at radius 2 is 1.95 bits per heavy atom. The second-order valence-corrected chi connectivity index (χ2v) is 6.57. The van der Waals surface area contributed by atoms with Crippen LogP contribution in [0.1, 0.15) is 30.9 Å². The van der Waals surface area contributed by atoms with Crippen LogP contribution < -0.4 is 5.32 Å². The van der Waals surface area contributed by atoms with Gasteiger partial charge in [0.1, 0.15) is 10.8 Å². The summed E-state index contributed by atoms with van der Waals surface area (Å²) in [6, 6.07) is 3.97. The highest BCUT2D eigenvalue weighted by Gasteiger charge is 2.32. The predicted octanol–water partition coefficient (Wildman–Crippen LogP) is 3.45. The van der Waals surface area contributed by atoms with Gasteiger partial charge < -0.3 is 10.4 Å². The maximum absolute atomic E-state index is 10.4. The van der Waals surface area contributed by atoms with Crippen molar-refractivity contribution in [2.75, 3.05) is 26.2 Å². The van der Waals surface area contributed by atoms with E-state index in [1.165, 1.54) is 12.8 Å². The van der Waals surface area contributed by atoms with Crippen LogP contribution in [0, 0.1) is 5.92 Å². The van der Waals surface area contributed by atoms with Gasteiger partial charge in [-0.25, -0.2) is 0 Å². The lowest BCUT2D eigenvalue weighted by Crippen LogP contribution is -2.45. The van der Waals surface area contributed by atoms with E-state index in [2.05, 4.69) is 10.2 Å². The number of phenols is 1. The Morgan fingerprint density at radius 3 is 2.60 bits per heavy atom. The Kier molecular flexibility index (Phi) is 4.41. The molecule has 1 aliphatic heterocycles. The van der Waals surface area contributed by atoms with Crippen LogP contribution in [-0.4, -0.2) is 36.2 Å². The van der Waals surface area contributed by atoms with Crippen molar-refractivity contribution in [3.8, 4) is 5.75 Å².